The van der Waals surface area contributed by atoms with Gasteiger partial charge in [0.1, 0.15) is 19.0 Å². The van der Waals surface area contributed by atoms with Gasteiger partial charge in [-0.05, 0) is 6.92 Å². The second kappa shape index (κ2) is 6.44. The first-order chi connectivity index (χ1) is 9.60. The molecule has 0 fully saturated rings. The first kappa shape index (κ1) is 14.4. The fourth-order valence-corrected chi connectivity index (χ4v) is 1.88. The highest BCUT2D eigenvalue weighted by Gasteiger charge is 2.09. The summed E-state index contributed by atoms with van der Waals surface area (Å²) in [6.45, 7) is 1.55. The molecule has 2 aromatic heterocycles. The Morgan fingerprint density at radius 2 is 2.10 bits per heavy atom. The molecule has 2 aromatic rings. The van der Waals surface area contributed by atoms with Gasteiger partial charge in [0.25, 0.3) is 6.43 Å². The molecule has 2 heterocycles. The largest absolute Gasteiger partial charge is 0.366 e. The highest BCUT2D eigenvalue weighted by molar-refractivity contribution is 5.43. The maximum Gasteiger partial charge on any atom is 0.257 e. The Morgan fingerprint density at radius 3 is 2.80 bits per heavy atom. The number of nitrogens with one attached hydrogen (secondary N) is 1. The van der Waals surface area contributed by atoms with Gasteiger partial charge in [-0.25, -0.2) is 17.9 Å². The minimum Gasteiger partial charge on any atom is -0.366 e. The summed E-state index contributed by atoms with van der Waals surface area (Å²) in [7, 11) is 0. The van der Waals surface area contributed by atoms with Crippen LogP contribution in [0.25, 0.3) is 0 Å². The number of hydrogen-bond acceptors (Lipinski definition) is 3. The predicted molar refractivity (Wildman–Crippen MR) is 68.5 cm³/mol. The lowest BCUT2D eigenvalue weighted by Crippen LogP contribution is -2.10. The summed E-state index contributed by atoms with van der Waals surface area (Å²) in [6.07, 6.45) is 2.31. The summed E-state index contributed by atoms with van der Waals surface area (Å²) in [6, 6.07) is 0. The van der Waals surface area contributed by atoms with Crippen molar-refractivity contribution in [3.8, 4) is 0 Å². The molecule has 0 spiro atoms. The molecule has 0 aliphatic heterocycles. The lowest BCUT2D eigenvalue weighted by molar-refractivity contribution is 0.122. The number of anilines is 1. The van der Waals surface area contributed by atoms with Gasteiger partial charge in [0.05, 0.1) is 18.9 Å². The molecule has 0 unspecified atom stereocenters. The summed E-state index contributed by atoms with van der Waals surface area (Å²) in [5, 5.41) is 11.0. The second-order valence-corrected chi connectivity index (χ2v) is 4.40. The Bertz CT molecular complexity index is 549. The van der Waals surface area contributed by atoms with Crippen molar-refractivity contribution in [2.75, 3.05) is 12.0 Å². The highest BCUT2D eigenvalue weighted by atomic mass is 19.3. The van der Waals surface area contributed by atoms with Gasteiger partial charge >= 0.3 is 0 Å². The maximum absolute atomic E-state index is 12.4. The van der Waals surface area contributed by atoms with E-state index in [0.29, 0.717) is 6.54 Å². The van der Waals surface area contributed by atoms with Crippen molar-refractivity contribution in [3.05, 3.63) is 29.7 Å². The molecule has 8 heteroatoms. The lowest BCUT2D eigenvalue weighted by atomic mass is 10.3. The third-order valence-electron chi connectivity index (χ3n) is 2.79. The average molecular weight is 287 g/mol. The molecule has 5 nitrogen and oxygen atoms in total. The molecule has 0 bridgehead atoms. The van der Waals surface area contributed by atoms with Crippen LogP contribution >= 0.6 is 0 Å². The van der Waals surface area contributed by atoms with Gasteiger partial charge in [0.15, 0.2) is 0 Å². The molecule has 0 aliphatic carbocycles. The molecule has 0 radical (unpaired) electrons. The normalized spacial score (nSPS) is 11.2. The SMILES string of the molecule is Cc1cnn(CCF)c1NCc1cnn(CC(F)F)c1. The molecule has 0 amide bonds. The summed E-state index contributed by atoms with van der Waals surface area (Å²) >= 11 is 0. The van der Waals surface area contributed by atoms with Gasteiger partial charge in [-0.3, -0.25) is 4.68 Å². The first-order valence-electron chi connectivity index (χ1n) is 6.22. The van der Waals surface area contributed by atoms with Crippen LogP contribution in [0.3, 0.4) is 0 Å². The van der Waals surface area contributed by atoms with Gasteiger partial charge in [0, 0.05) is 23.9 Å². The van der Waals surface area contributed by atoms with Crippen molar-refractivity contribution >= 4 is 5.82 Å². The average Bonchev–Trinajstić information content (AvgIpc) is 2.95. The lowest BCUT2D eigenvalue weighted by Gasteiger charge is -2.08. The van der Waals surface area contributed by atoms with Crippen LogP contribution < -0.4 is 5.32 Å². The number of alkyl halides is 3. The summed E-state index contributed by atoms with van der Waals surface area (Å²) < 4.78 is 39.5. The van der Waals surface area contributed by atoms with Crippen LogP contribution in [0.4, 0.5) is 19.0 Å². The van der Waals surface area contributed by atoms with Gasteiger partial charge < -0.3 is 5.32 Å². The van der Waals surface area contributed by atoms with Crippen LogP contribution in [0, 0.1) is 6.92 Å². The zero-order chi connectivity index (χ0) is 14.5. The zero-order valence-electron chi connectivity index (χ0n) is 11.1. The Labute approximate surface area is 114 Å². The van der Waals surface area contributed by atoms with E-state index >= 15 is 0 Å². The highest BCUT2D eigenvalue weighted by Crippen LogP contribution is 2.15. The van der Waals surface area contributed by atoms with Crippen LogP contribution in [0.2, 0.25) is 0 Å². The zero-order valence-corrected chi connectivity index (χ0v) is 11.1. The van der Waals surface area contributed by atoms with Gasteiger partial charge in [0.2, 0.25) is 0 Å². The number of aryl methyl sites for hydroxylation is 2. The van der Waals surface area contributed by atoms with Crippen LogP contribution in [-0.2, 0) is 19.6 Å². The first-order valence-corrected chi connectivity index (χ1v) is 6.22. The molecule has 0 aromatic carbocycles. The Balaban J connectivity index is 1.98. The van der Waals surface area contributed by atoms with Crippen molar-refractivity contribution < 1.29 is 13.2 Å². The van der Waals surface area contributed by atoms with E-state index in [0.717, 1.165) is 16.9 Å². The van der Waals surface area contributed by atoms with Crippen molar-refractivity contribution in [1.29, 1.82) is 0 Å². The van der Waals surface area contributed by atoms with Crippen LogP contribution in [-0.4, -0.2) is 32.7 Å². The number of nitrogens with zero attached hydrogens (tertiary/aromatic N) is 4. The Hall–Kier alpha value is -1.99. The van der Waals surface area contributed by atoms with Gasteiger partial charge in [-0.2, -0.15) is 10.2 Å². The smallest absolute Gasteiger partial charge is 0.257 e. The number of aromatic nitrogens is 4. The van der Waals surface area contributed by atoms with Crippen LogP contribution in [0.1, 0.15) is 11.1 Å². The molecule has 0 atom stereocenters. The molecular weight excluding hydrogens is 271 g/mol. The summed E-state index contributed by atoms with van der Waals surface area (Å²) in [4.78, 5) is 0. The topological polar surface area (TPSA) is 47.7 Å². The van der Waals surface area contributed by atoms with E-state index in [4.69, 9.17) is 0 Å². The summed E-state index contributed by atoms with van der Waals surface area (Å²) in [5.74, 6) is 0.726. The van der Waals surface area contributed by atoms with E-state index in [1.807, 2.05) is 6.92 Å². The number of rotatable bonds is 7. The molecule has 0 aliphatic rings. The van der Waals surface area contributed by atoms with E-state index in [1.54, 1.807) is 17.1 Å². The van der Waals surface area contributed by atoms with Gasteiger partial charge in [-0.1, -0.05) is 0 Å². The fourth-order valence-electron chi connectivity index (χ4n) is 1.88. The molecule has 2 rings (SSSR count). The van der Waals surface area contributed by atoms with Crippen LogP contribution in [0.15, 0.2) is 18.6 Å². The van der Waals surface area contributed by atoms with E-state index in [-0.39, 0.29) is 6.54 Å². The van der Waals surface area contributed by atoms with Crippen molar-refractivity contribution in [2.45, 2.75) is 33.0 Å². The third-order valence-corrected chi connectivity index (χ3v) is 2.79. The standard InChI is InChI=1S/C12H16F3N5/c1-9-4-18-20(3-2-13)12(9)16-5-10-6-17-19(7-10)8-11(14)15/h4,6-7,11,16H,2-3,5,8H2,1H3. The third kappa shape index (κ3) is 3.52. The summed E-state index contributed by atoms with van der Waals surface area (Å²) in [5.41, 5.74) is 1.68. The van der Waals surface area contributed by atoms with Crippen molar-refractivity contribution in [2.24, 2.45) is 0 Å². The minimum absolute atomic E-state index is 0.181. The molecular formula is C12H16F3N5. The Kier molecular flexibility index (Phi) is 4.65. The van der Waals surface area contributed by atoms with Crippen molar-refractivity contribution in [1.82, 2.24) is 19.6 Å². The number of hydrogen-bond donors (Lipinski definition) is 1. The maximum atomic E-state index is 12.4. The molecule has 20 heavy (non-hydrogen) atoms. The molecule has 0 saturated heterocycles. The van der Waals surface area contributed by atoms with E-state index in [2.05, 4.69) is 15.5 Å². The monoisotopic (exact) mass is 287 g/mol. The van der Waals surface area contributed by atoms with Gasteiger partial charge in [-0.15, -0.1) is 0 Å². The minimum atomic E-state index is -2.43. The van der Waals surface area contributed by atoms with E-state index < -0.39 is 19.6 Å². The quantitative estimate of drug-likeness (QED) is 0.849. The predicted octanol–water partition coefficient (Wildman–Crippen LogP) is 2.23. The number of halogens is 3. The van der Waals surface area contributed by atoms with Crippen molar-refractivity contribution in [3.63, 3.8) is 0 Å². The van der Waals surface area contributed by atoms with E-state index in [1.165, 1.54) is 10.9 Å². The second-order valence-electron chi connectivity index (χ2n) is 4.40. The van der Waals surface area contributed by atoms with Crippen LogP contribution in [0.5, 0.6) is 0 Å². The van der Waals surface area contributed by atoms with E-state index in [9.17, 15) is 13.2 Å². The molecule has 110 valence electrons. The molecule has 1 N–H and O–H groups in total. The fraction of sp³-hybridized carbons (Fsp3) is 0.500. The Morgan fingerprint density at radius 1 is 1.30 bits per heavy atom. The molecule has 0 saturated carbocycles.